The van der Waals surface area contributed by atoms with Gasteiger partial charge in [-0.25, -0.2) is 4.79 Å². The SMILES string of the molecule is CCCC1(CC#N)CCN(C(=O)OC(C)(C)C)CC1. The number of ether oxygens (including phenoxy) is 1. The summed E-state index contributed by atoms with van der Waals surface area (Å²) in [6, 6.07) is 2.31. The second-order valence-corrected chi connectivity index (χ2v) is 6.55. The van der Waals surface area contributed by atoms with E-state index in [1.807, 2.05) is 20.8 Å². The van der Waals surface area contributed by atoms with Crippen molar-refractivity contribution in [1.29, 1.82) is 5.26 Å². The van der Waals surface area contributed by atoms with Gasteiger partial charge in [-0.2, -0.15) is 5.26 Å². The maximum absolute atomic E-state index is 12.0. The molecule has 0 spiro atoms. The molecule has 0 unspecified atom stereocenters. The van der Waals surface area contributed by atoms with Crippen LogP contribution < -0.4 is 0 Å². The second kappa shape index (κ2) is 6.27. The molecule has 1 rings (SSSR count). The molecule has 108 valence electrons. The second-order valence-electron chi connectivity index (χ2n) is 6.55. The minimum absolute atomic E-state index is 0.113. The van der Waals surface area contributed by atoms with E-state index < -0.39 is 5.60 Å². The van der Waals surface area contributed by atoms with Gasteiger partial charge < -0.3 is 9.64 Å². The van der Waals surface area contributed by atoms with Crippen LogP contribution in [0.15, 0.2) is 0 Å². The zero-order valence-corrected chi connectivity index (χ0v) is 12.7. The van der Waals surface area contributed by atoms with Crippen molar-refractivity contribution >= 4 is 6.09 Å². The predicted octanol–water partition coefficient (Wildman–Crippen LogP) is 3.72. The van der Waals surface area contributed by atoms with Crippen LogP contribution in [-0.4, -0.2) is 29.7 Å². The minimum atomic E-state index is -0.443. The number of nitrogens with zero attached hydrogens (tertiary/aromatic N) is 2. The number of carbonyl (C=O) groups is 1. The third-order valence-electron chi connectivity index (χ3n) is 3.71. The lowest BCUT2D eigenvalue weighted by Gasteiger charge is -2.40. The maximum Gasteiger partial charge on any atom is 0.410 e. The van der Waals surface area contributed by atoms with Crippen LogP contribution in [-0.2, 0) is 4.74 Å². The first kappa shape index (κ1) is 15.8. The first-order valence-electron chi connectivity index (χ1n) is 7.17. The van der Waals surface area contributed by atoms with Crippen LogP contribution in [0, 0.1) is 16.7 Å². The standard InChI is InChI=1S/C15H26N2O2/c1-5-6-15(7-10-16)8-11-17(12-9-15)13(18)19-14(2,3)4/h5-9,11-12H2,1-4H3. The van der Waals surface area contributed by atoms with Crippen LogP contribution in [0.5, 0.6) is 0 Å². The molecule has 0 aromatic heterocycles. The number of carbonyl (C=O) groups excluding carboxylic acids is 1. The number of nitriles is 1. The van der Waals surface area contributed by atoms with Crippen LogP contribution in [0.25, 0.3) is 0 Å². The van der Waals surface area contributed by atoms with Crippen molar-refractivity contribution < 1.29 is 9.53 Å². The molecule has 0 aromatic rings. The Kier molecular flexibility index (Phi) is 5.22. The lowest BCUT2D eigenvalue weighted by molar-refractivity contribution is 0.00933. The van der Waals surface area contributed by atoms with Crippen LogP contribution in [0.1, 0.15) is 59.8 Å². The fourth-order valence-corrected chi connectivity index (χ4v) is 2.70. The summed E-state index contributed by atoms with van der Waals surface area (Å²) < 4.78 is 5.39. The Labute approximate surface area is 116 Å². The molecule has 0 aromatic carbocycles. The number of hydrogen-bond acceptors (Lipinski definition) is 3. The van der Waals surface area contributed by atoms with Gasteiger partial charge >= 0.3 is 6.09 Å². The average Bonchev–Trinajstić information content (AvgIpc) is 2.28. The molecule has 1 saturated heterocycles. The van der Waals surface area contributed by atoms with Gasteiger partial charge in [-0.05, 0) is 45.4 Å². The molecule has 1 aliphatic heterocycles. The summed E-state index contributed by atoms with van der Waals surface area (Å²) in [6.45, 7) is 9.20. The molecule has 1 aliphatic rings. The highest BCUT2D eigenvalue weighted by Crippen LogP contribution is 2.39. The summed E-state index contributed by atoms with van der Waals surface area (Å²) in [4.78, 5) is 13.8. The molecule has 1 fully saturated rings. The van der Waals surface area contributed by atoms with E-state index in [1.165, 1.54) is 0 Å². The molecular weight excluding hydrogens is 240 g/mol. The first-order chi connectivity index (χ1) is 8.82. The van der Waals surface area contributed by atoms with Gasteiger partial charge in [0.05, 0.1) is 6.07 Å². The summed E-state index contributed by atoms with van der Waals surface area (Å²) in [6.07, 6.45) is 4.36. The number of hydrogen-bond donors (Lipinski definition) is 0. The Balaban J connectivity index is 2.56. The molecule has 4 heteroatoms. The number of piperidine rings is 1. The van der Waals surface area contributed by atoms with Crippen molar-refractivity contribution in [3.05, 3.63) is 0 Å². The quantitative estimate of drug-likeness (QED) is 0.782. The predicted molar refractivity (Wildman–Crippen MR) is 74.6 cm³/mol. The highest BCUT2D eigenvalue weighted by atomic mass is 16.6. The summed E-state index contributed by atoms with van der Waals surface area (Å²) in [5.41, 5.74) is -0.330. The monoisotopic (exact) mass is 266 g/mol. The Hall–Kier alpha value is -1.24. The lowest BCUT2D eigenvalue weighted by atomic mass is 9.73. The Bertz CT molecular complexity index is 344. The topological polar surface area (TPSA) is 53.3 Å². The third-order valence-corrected chi connectivity index (χ3v) is 3.71. The molecule has 0 aliphatic carbocycles. The van der Waals surface area contributed by atoms with E-state index in [1.54, 1.807) is 4.90 Å². The van der Waals surface area contributed by atoms with Crippen molar-refractivity contribution in [2.75, 3.05) is 13.1 Å². The lowest BCUT2D eigenvalue weighted by Crippen LogP contribution is -2.45. The van der Waals surface area contributed by atoms with Crippen LogP contribution in [0.3, 0.4) is 0 Å². The van der Waals surface area contributed by atoms with Gasteiger partial charge in [0.2, 0.25) is 0 Å². The summed E-state index contributed by atoms with van der Waals surface area (Å²) in [5.74, 6) is 0. The van der Waals surface area contributed by atoms with Gasteiger partial charge in [0.1, 0.15) is 5.60 Å². The van der Waals surface area contributed by atoms with E-state index in [-0.39, 0.29) is 11.5 Å². The van der Waals surface area contributed by atoms with Gasteiger partial charge in [0.15, 0.2) is 0 Å². The molecule has 1 heterocycles. The van der Waals surface area contributed by atoms with Gasteiger partial charge in [-0.1, -0.05) is 13.3 Å². The Morgan fingerprint density at radius 1 is 1.37 bits per heavy atom. The minimum Gasteiger partial charge on any atom is -0.444 e. The highest BCUT2D eigenvalue weighted by molar-refractivity contribution is 5.68. The van der Waals surface area contributed by atoms with E-state index in [4.69, 9.17) is 10.00 Å². The molecule has 0 saturated carbocycles. The first-order valence-corrected chi connectivity index (χ1v) is 7.17. The molecule has 0 N–H and O–H groups in total. The summed E-state index contributed by atoms with van der Waals surface area (Å²) in [5, 5.41) is 8.98. The number of rotatable bonds is 3. The normalized spacial score (nSPS) is 18.8. The number of likely N-dealkylation sites (tertiary alicyclic amines) is 1. The molecule has 0 radical (unpaired) electrons. The molecule has 0 atom stereocenters. The van der Waals surface area contributed by atoms with E-state index in [0.717, 1.165) is 25.7 Å². The van der Waals surface area contributed by atoms with Gasteiger partial charge in [0, 0.05) is 19.5 Å². The van der Waals surface area contributed by atoms with Crippen molar-refractivity contribution in [2.24, 2.45) is 5.41 Å². The largest absolute Gasteiger partial charge is 0.444 e. The summed E-state index contributed by atoms with van der Waals surface area (Å²) in [7, 11) is 0. The van der Waals surface area contributed by atoms with Crippen molar-refractivity contribution in [2.45, 2.75) is 65.4 Å². The smallest absolute Gasteiger partial charge is 0.410 e. The fourth-order valence-electron chi connectivity index (χ4n) is 2.70. The summed E-state index contributed by atoms with van der Waals surface area (Å²) >= 11 is 0. The van der Waals surface area contributed by atoms with E-state index >= 15 is 0 Å². The van der Waals surface area contributed by atoms with E-state index in [9.17, 15) is 4.79 Å². The zero-order valence-electron chi connectivity index (χ0n) is 12.7. The van der Waals surface area contributed by atoms with Crippen molar-refractivity contribution in [3.8, 4) is 6.07 Å². The zero-order chi connectivity index (χ0) is 14.5. The average molecular weight is 266 g/mol. The molecule has 0 bridgehead atoms. The Morgan fingerprint density at radius 3 is 2.37 bits per heavy atom. The molecular formula is C15H26N2O2. The van der Waals surface area contributed by atoms with E-state index in [2.05, 4.69) is 13.0 Å². The van der Waals surface area contributed by atoms with Gasteiger partial charge in [0.25, 0.3) is 0 Å². The highest BCUT2D eigenvalue weighted by Gasteiger charge is 2.36. The molecule has 1 amide bonds. The van der Waals surface area contributed by atoms with Gasteiger partial charge in [-0.3, -0.25) is 0 Å². The van der Waals surface area contributed by atoms with Crippen molar-refractivity contribution in [1.82, 2.24) is 4.90 Å². The molecule has 4 nitrogen and oxygen atoms in total. The van der Waals surface area contributed by atoms with Crippen LogP contribution in [0.4, 0.5) is 4.79 Å². The maximum atomic E-state index is 12.0. The number of amides is 1. The Morgan fingerprint density at radius 2 is 1.95 bits per heavy atom. The van der Waals surface area contributed by atoms with Crippen LogP contribution in [0.2, 0.25) is 0 Å². The van der Waals surface area contributed by atoms with Crippen LogP contribution >= 0.6 is 0 Å². The fraction of sp³-hybridized carbons (Fsp3) is 0.867. The van der Waals surface area contributed by atoms with Crippen molar-refractivity contribution in [3.63, 3.8) is 0 Å². The third kappa shape index (κ3) is 4.74. The van der Waals surface area contributed by atoms with Gasteiger partial charge in [-0.15, -0.1) is 0 Å². The van der Waals surface area contributed by atoms with E-state index in [0.29, 0.717) is 19.5 Å². The molecule has 19 heavy (non-hydrogen) atoms.